The van der Waals surface area contributed by atoms with Crippen molar-refractivity contribution < 1.29 is 28.3 Å². The Labute approximate surface area is 264 Å². The summed E-state index contributed by atoms with van der Waals surface area (Å²) in [6, 6.07) is 12.2. The quantitative estimate of drug-likeness (QED) is 0.121. The molecular formula is C31H28BrN3O8S. The van der Waals surface area contributed by atoms with E-state index >= 15 is 0 Å². The van der Waals surface area contributed by atoms with Crippen molar-refractivity contribution in [2.24, 2.45) is 4.99 Å². The molecular weight excluding hydrogens is 654 g/mol. The molecule has 5 rings (SSSR count). The van der Waals surface area contributed by atoms with Crippen molar-refractivity contribution in [3.8, 4) is 22.8 Å². The van der Waals surface area contributed by atoms with Gasteiger partial charge in [0.15, 0.2) is 4.80 Å². The molecule has 44 heavy (non-hydrogen) atoms. The average molecular weight is 683 g/mol. The number of hydrogen-bond acceptors (Lipinski definition) is 10. The van der Waals surface area contributed by atoms with Gasteiger partial charge in [0, 0.05) is 16.1 Å². The molecule has 0 N–H and O–H groups in total. The first kappa shape index (κ1) is 31.0. The molecule has 0 spiro atoms. The maximum Gasteiger partial charge on any atom is 0.338 e. The summed E-state index contributed by atoms with van der Waals surface area (Å²) in [7, 11) is 2.95. The fourth-order valence-corrected chi connectivity index (χ4v) is 6.42. The minimum absolute atomic E-state index is 0.154. The van der Waals surface area contributed by atoms with Gasteiger partial charge in [-0.25, -0.2) is 9.79 Å². The van der Waals surface area contributed by atoms with E-state index in [1.807, 2.05) is 19.1 Å². The minimum Gasteiger partial charge on any atom is -0.497 e. The molecule has 2 aromatic carbocycles. The number of esters is 1. The summed E-state index contributed by atoms with van der Waals surface area (Å²) in [5.41, 5.74) is 1.10. The summed E-state index contributed by atoms with van der Waals surface area (Å²) in [6.07, 6.45) is 2.77. The number of methoxy groups -OCH3 is 2. The van der Waals surface area contributed by atoms with Crippen LogP contribution in [0, 0.1) is 10.1 Å². The van der Waals surface area contributed by atoms with E-state index in [1.54, 1.807) is 43.3 Å². The van der Waals surface area contributed by atoms with Gasteiger partial charge in [-0.3, -0.25) is 19.5 Å². The second-order valence-corrected chi connectivity index (χ2v) is 11.6. The number of ether oxygens (including phenoxy) is 3. The van der Waals surface area contributed by atoms with Gasteiger partial charge in [-0.15, -0.1) is 0 Å². The van der Waals surface area contributed by atoms with Crippen molar-refractivity contribution in [3.63, 3.8) is 0 Å². The van der Waals surface area contributed by atoms with Crippen LogP contribution in [0.1, 0.15) is 44.1 Å². The van der Waals surface area contributed by atoms with E-state index in [0.717, 1.165) is 15.8 Å². The number of thiazole rings is 1. The summed E-state index contributed by atoms with van der Waals surface area (Å²) in [5.74, 6) is 0.840. The number of rotatable bonds is 10. The lowest BCUT2D eigenvalue weighted by atomic mass is 9.93. The van der Waals surface area contributed by atoms with Crippen LogP contribution in [0.25, 0.3) is 17.4 Å². The third-order valence-corrected chi connectivity index (χ3v) is 8.42. The standard InChI is InChI=1S/C31H28BrN3O8S/c1-5-7-22-27(30(37)42-6-2)28(21-14-17(32)8-12-24(21)41-4)34-29(36)26(44-31(34)33-22)16-19-10-13-25(43-19)20-11-9-18(40-3)15-23(20)35(38)39/h8-16,28H,5-7H2,1-4H3/b26-16+/t28-/m0/s1. The van der Waals surface area contributed by atoms with Crippen LogP contribution in [0.5, 0.6) is 11.5 Å². The molecule has 0 radical (unpaired) electrons. The SMILES string of the molecule is CCCC1=C(C(=O)OCC)[C@H](c2cc(Br)ccc2OC)n2c(s/c(=C/c3ccc(-c4ccc(OC)cc4[N+](=O)[O-])o3)c2=O)=N1. The number of fused-ring (bicyclic) bond motifs is 1. The number of nitro benzene ring substituents is 1. The highest BCUT2D eigenvalue weighted by Gasteiger charge is 2.36. The third kappa shape index (κ3) is 5.84. The van der Waals surface area contributed by atoms with E-state index in [-0.39, 0.29) is 29.2 Å². The highest BCUT2D eigenvalue weighted by molar-refractivity contribution is 9.10. The fraction of sp³-hybridized carbons (Fsp3) is 0.258. The number of aromatic nitrogens is 1. The van der Waals surface area contributed by atoms with E-state index in [4.69, 9.17) is 23.6 Å². The van der Waals surface area contributed by atoms with Crippen molar-refractivity contribution in [1.29, 1.82) is 0 Å². The van der Waals surface area contributed by atoms with Crippen LogP contribution < -0.4 is 24.4 Å². The Morgan fingerprint density at radius 1 is 1.16 bits per heavy atom. The zero-order chi connectivity index (χ0) is 31.5. The maximum absolute atomic E-state index is 14.1. The molecule has 0 unspecified atom stereocenters. The third-order valence-electron chi connectivity index (χ3n) is 6.95. The van der Waals surface area contributed by atoms with Crippen molar-refractivity contribution in [2.45, 2.75) is 32.7 Å². The maximum atomic E-state index is 14.1. The lowest BCUT2D eigenvalue weighted by molar-refractivity contribution is -0.384. The Kier molecular flexibility index (Phi) is 9.16. The summed E-state index contributed by atoms with van der Waals surface area (Å²) in [4.78, 5) is 43.9. The second kappa shape index (κ2) is 13.0. The molecule has 11 nitrogen and oxygen atoms in total. The van der Waals surface area contributed by atoms with E-state index in [9.17, 15) is 19.7 Å². The molecule has 1 aliphatic heterocycles. The predicted molar refractivity (Wildman–Crippen MR) is 168 cm³/mol. The van der Waals surface area contributed by atoms with Crippen LogP contribution in [0.3, 0.4) is 0 Å². The van der Waals surface area contributed by atoms with Gasteiger partial charge >= 0.3 is 5.97 Å². The number of nitro groups is 1. The Balaban J connectivity index is 1.70. The molecule has 1 atom stereocenters. The largest absolute Gasteiger partial charge is 0.497 e. The molecule has 0 amide bonds. The molecule has 228 valence electrons. The average Bonchev–Trinajstić information content (AvgIpc) is 3.60. The van der Waals surface area contributed by atoms with Gasteiger partial charge in [-0.1, -0.05) is 40.6 Å². The Morgan fingerprint density at radius 3 is 2.64 bits per heavy atom. The first-order valence-corrected chi connectivity index (χ1v) is 15.3. The van der Waals surface area contributed by atoms with Crippen LogP contribution >= 0.6 is 27.3 Å². The highest BCUT2D eigenvalue weighted by Crippen LogP contribution is 2.38. The van der Waals surface area contributed by atoms with Crippen molar-refractivity contribution in [1.82, 2.24) is 4.57 Å². The molecule has 2 aromatic heterocycles. The summed E-state index contributed by atoms with van der Waals surface area (Å²) in [6.45, 7) is 3.86. The normalized spacial score (nSPS) is 14.7. The van der Waals surface area contributed by atoms with Crippen LogP contribution in [0.4, 0.5) is 5.69 Å². The van der Waals surface area contributed by atoms with Crippen LogP contribution in [0.15, 0.2) is 78.5 Å². The zero-order valence-corrected chi connectivity index (χ0v) is 26.7. The molecule has 0 aliphatic carbocycles. The topological polar surface area (TPSA) is 135 Å². The monoisotopic (exact) mass is 681 g/mol. The summed E-state index contributed by atoms with van der Waals surface area (Å²) >= 11 is 4.67. The molecule has 4 aromatic rings. The van der Waals surface area contributed by atoms with Crippen molar-refractivity contribution in [2.75, 3.05) is 20.8 Å². The number of halogens is 1. The first-order chi connectivity index (χ1) is 21.2. The van der Waals surface area contributed by atoms with Crippen LogP contribution in [-0.4, -0.2) is 36.3 Å². The minimum atomic E-state index is -0.865. The molecule has 0 fully saturated rings. The van der Waals surface area contributed by atoms with E-state index in [2.05, 4.69) is 15.9 Å². The smallest absolute Gasteiger partial charge is 0.338 e. The fourth-order valence-electron chi connectivity index (χ4n) is 5.04. The zero-order valence-electron chi connectivity index (χ0n) is 24.3. The second-order valence-electron chi connectivity index (χ2n) is 9.64. The predicted octanol–water partition coefficient (Wildman–Crippen LogP) is 5.53. The number of carbonyl (C=O) groups is 1. The first-order valence-electron chi connectivity index (χ1n) is 13.7. The lowest BCUT2D eigenvalue weighted by Gasteiger charge is -2.27. The number of allylic oxidation sites excluding steroid dienone is 1. The molecule has 1 aliphatic rings. The van der Waals surface area contributed by atoms with E-state index in [1.165, 1.54) is 24.9 Å². The summed E-state index contributed by atoms with van der Waals surface area (Å²) < 4.78 is 24.7. The van der Waals surface area contributed by atoms with Crippen LogP contribution in [-0.2, 0) is 9.53 Å². The van der Waals surface area contributed by atoms with Gasteiger partial charge in [0.1, 0.15) is 29.1 Å². The number of furan rings is 1. The molecule has 0 saturated carbocycles. The van der Waals surface area contributed by atoms with Gasteiger partial charge in [0.25, 0.3) is 11.2 Å². The molecule has 0 bridgehead atoms. The molecule has 0 saturated heterocycles. The Bertz CT molecular complexity index is 1970. The Morgan fingerprint density at radius 2 is 1.95 bits per heavy atom. The van der Waals surface area contributed by atoms with Crippen molar-refractivity contribution >= 4 is 45.0 Å². The highest BCUT2D eigenvalue weighted by atomic mass is 79.9. The van der Waals surface area contributed by atoms with Gasteiger partial charge in [-0.2, -0.15) is 0 Å². The van der Waals surface area contributed by atoms with E-state index in [0.29, 0.717) is 50.7 Å². The Hall–Kier alpha value is -4.49. The number of benzene rings is 2. The number of nitrogens with zero attached hydrogens (tertiary/aromatic N) is 3. The molecule has 13 heteroatoms. The van der Waals surface area contributed by atoms with E-state index < -0.39 is 22.5 Å². The number of carbonyl (C=O) groups excluding carboxylic acids is 1. The lowest BCUT2D eigenvalue weighted by Crippen LogP contribution is -2.40. The number of hydrogen-bond donors (Lipinski definition) is 0. The summed E-state index contributed by atoms with van der Waals surface area (Å²) in [5, 5.41) is 11.7. The van der Waals surface area contributed by atoms with Gasteiger partial charge in [-0.05, 0) is 55.8 Å². The van der Waals surface area contributed by atoms with Gasteiger partial charge in [0.05, 0.1) is 53.2 Å². The van der Waals surface area contributed by atoms with Gasteiger partial charge in [0.2, 0.25) is 0 Å². The molecule has 3 heterocycles. The van der Waals surface area contributed by atoms with Crippen molar-refractivity contribution in [3.05, 3.63) is 105 Å². The van der Waals surface area contributed by atoms with Gasteiger partial charge < -0.3 is 18.6 Å². The van der Waals surface area contributed by atoms with Crippen LogP contribution in [0.2, 0.25) is 0 Å².